The molecular formula is C18H27N7O3S. The van der Waals surface area contributed by atoms with E-state index in [4.69, 9.17) is 0 Å². The van der Waals surface area contributed by atoms with Crippen LogP contribution >= 0.6 is 11.3 Å². The standard InChI is InChI=1S/C18H27N7O3S/c1-4-15-19-17(21-18(20-15)24(3)5-2)23-22-16(27)13(11-25(28)12-26)8-9-14-7-6-10-29-14/h6-7,10,12-13,28H,4-5,8-9,11H2,1-3H3,(H,22,27)(H,19,20,21,23)/t13-/m1/s1. The molecule has 2 rings (SSSR count). The Balaban J connectivity index is 2.04. The summed E-state index contributed by atoms with van der Waals surface area (Å²) >= 11 is 1.60. The molecule has 0 radical (unpaired) electrons. The molecule has 2 amide bonds. The monoisotopic (exact) mass is 421 g/mol. The summed E-state index contributed by atoms with van der Waals surface area (Å²) < 4.78 is 0. The van der Waals surface area contributed by atoms with Crippen LogP contribution in [0, 0.1) is 5.92 Å². The maximum absolute atomic E-state index is 12.7. The first kappa shape index (κ1) is 22.5. The zero-order chi connectivity index (χ0) is 21.2. The minimum atomic E-state index is -0.606. The first-order valence-electron chi connectivity index (χ1n) is 9.41. The fourth-order valence-electron chi connectivity index (χ4n) is 2.50. The van der Waals surface area contributed by atoms with Gasteiger partial charge in [0.05, 0.1) is 12.5 Å². The zero-order valence-electron chi connectivity index (χ0n) is 16.8. The van der Waals surface area contributed by atoms with E-state index in [1.54, 1.807) is 11.3 Å². The van der Waals surface area contributed by atoms with Gasteiger partial charge in [-0.1, -0.05) is 13.0 Å². The number of aryl methyl sites for hydroxylation is 2. The lowest BCUT2D eigenvalue weighted by Crippen LogP contribution is -2.41. The Kier molecular flexibility index (Phi) is 8.74. The van der Waals surface area contributed by atoms with E-state index in [1.807, 2.05) is 43.3 Å². The van der Waals surface area contributed by atoms with E-state index < -0.39 is 5.92 Å². The van der Waals surface area contributed by atoms with Crippen LogP contribution in [-0.4, -0.2) is 57.7 Å². The van der Waals surface area contributed by atoms with Crippen molar-refractivity contribution in [2.45, 2.75) is 33.1 Å². The van der Waals surface area contributed by atoms with Crippen molar-refractivity contribution in [3.8, 4) is 0 Å². The van der Waals surface area contributed by atoms with Crippen molar-refractivity contribution in [3.05, 3.63) is 28.2 Å². The summed E-state index contributed by atoms with van der Waals surface area (Å²) in [4.78, 5) is 39.4. The summed E-state index contributed by atoms with van der Waals surface area (Å²) in [5, 5.41) is 12.0. The fourth-order valence-corrected chi connectivity index (χ4v) is 3.22. The topological polar surface area (TPSA) is 124 Å². The quantitative estimate of drug-likeness (QED) is 0.268. The average Bonchev–Trinajstić information content (AvgIpc) is 3.27. The third-order valence-electron chi connectivity index (χ3n) is 4.32. The molecule has 0 spiro atoms. The van der Waals surface area contributed by atoms with Crippen molar-refractivity contribution in [2.24, 2.45) is 5.92 Å². The molecule has 2 aromatic heterocycles. The molecule has 0 saturated heterocycles. The van der Waals surface area contributed by atoms with Crippen molar-refractivity contribution in [1.29, 1.82) is 0 Å². The number of hydrogen-bond acceptors (Lipinski definition) is 9. The Morgan fingerprint density at radius 1 is 1.34 bits per heavy atom. The van der Waals surface area contributed by atoms with Crippen LogP contribution in [-0.2, 0) is 22.4 Å². The van der Waals surface area contributed by atoms with Gasteiger partial charge in [0.15, 0.2) is 0 Å². The summed E-state index contributed by atoms with van der Waals surface area (Å²) in [5.41, 5.74) is 5.31. The number of carbonyl (C=O) groups excluding carboxylic acids is 2. The van der Waals surface area contributed by atoms with E-state index in [-0.39, 0.29) is 24.8 Å². The normalized spacial score (nSPS) is 11.6. The fraction of sp³-hybridized carbons (Fsp3) is 0.500. The molecule has 0 saturated carbocycles. The third kappa shape index (κ3) is 6.95. The van der Waals surface area contributed by atoms with E-state index in [0.29, 0.717) is 36.1 Å². The van der Waals surface area contributed by atoms with Crippen LogP contribution in [0.3, 0.4) is 0 Å². The van der Waals surface area contributed by atoms with Crippen molar-refractivity contribution < 1.29 is 14.8 Å². The maximum atomic E-state index is 12.7. The number of hydrogen-bond donors (Lipinski definition) is 3. The first-order chi connectivity index (χ1) is 14.0. The highest BCUT2D eigenvalue weighted by Crippen LogP contribution is 2.16. The smallest absolute Gasteiger partial charge is 0.246 e. The number of nitrogens with zero attached hydrogens (tertiary/aromatic N) is 5. The van der Waals surface area contributed by atoms with E-state index in [0.717, 1.165) is 11.4 Å². The molecule has 11 heteroatoms. The second kappa shape index (κ2) is 11.3. The number of aromatic nitrogens is 3. The number of rotatable bonds is 12. The van der Waals surface area contributed by atoms with Crippen molar-refractivity contribution in [3.63, 3.8) is 0 Å². The van der Waals surface area contributed by atoms with Gasteiger partial charge >= 0.3 is 0 Å². The number of amides is 2. The molecule has 1 atom stereocenters. The van der Waals surface area contributed by atoms with Gasteiger partial charge in [0.1, 0.15) is 5.82 Å². The van der Waals surface area contributed by atoms with Gasteiger partial charge in [0.2, 0.25) is 24.2 Å². The van der Waals surface area contributed by atoms with Gasteiger partial charge in [-0.15, -0.1) is 11.3 Å². The Morgan fingerprint density at radius 2 is 2.14 bits per heavy atom. The second-order valence-corrected chi connectivity index (χ2v) is 7.43. The van der Waals surface area contributed by atoms with Gasteiger partial charge in [-0.3, -0.25) is 25.6 Å². The summed E-state index contributed by atoms with van der Waals surface area (Å²) in [6, 6.07) is 3.93. The Morgan fingerprint density at radius 3 is 2.76 bits per heavy atom. The van der Waals surface area contributed by atoms with Crippen molar-refractivity contribution in [2.75, 3.05) is 30.5 Å². The Labute approximate surface area is 173 Å². The SMILES string of the molecule is CCc1nc(NNC(=O)[C@H](CCc2cccs2)CN(O)C=O)nc(N(C)CC)n1. The lowest BCUT2D eigenvalue weighted by atomic mass is 10.0. The molecule has 0 aromatic carbocycles. The summed E-state index contributed by atoms with van der Waals surface area (Å²) in [7, 11) is 1.87. The molecule has 0 fully saturated rings. The molecule has 2 aromatic rings. The first-order valence-corrected chi connectivity index (χ1v) is 10.3. The molecule has 158 valence electrons. The largest absolute Gasteiger partial charge is 0.344 e. The van der Waals surface area contributed by atoms with Crippen LogP contribution < -0.4 is 15.8 Å². The summed E-state index contributed by atoms with van der Waals surface area (Å²) in [6.45, 7) is 4.53. The molecule has 29 heavy (non-hydrogen) atoms. The molecule has 0 bridgehead atoms. The van der Waals surface area contributed by atoms with Gasteiger partial charge in [-0.05, 0) is 31.2 Å². The number of nitrogens with one attached hydrogen (secondary N) is 2. The summed E-state index contributed by atoms with van der Waals surface area (Å²) in [6.07, 6.45) is 2.04. The predicted molar refractivity (Wildman–Crippen MR) is 111 cm³/mol. The van der Waals surface area contributed by atoms with Crippen LogP contribution in [0.5, 0.6) is 0 Å². The van der Waals surface area contributed by atoms with Gasteiger partial charge in [-0.25, -0.2) is 5.06 Å². The molecule has 0 aliphatic carbocycles. The molecule has 2 heterocycles. The minimum Gasteiger partial charge on any atom is -0.344 e. The molecule has 0 aliphatic rings. The van der Waals surface area contributed by atoms with E-state index in [1.165, 1.54) is 0 Å². The summed E-state index contributed by atoms with van der Waals surface area (Å²) in [5.74, 6) is 0.363. The molecule has 0 aliphatic heterocycles. The molecule has 0 unspecified atom stereocenters. The average molecular weight is 422 g/mol. The number of carbonyl (C=O) groups is 2. The lowest BCUT2D eigenvalue weighted by molar-refractivity contribution is -0.154. The van der Waals surface area contributed by atoms with Crippen LogP contribution in [0.25, 0.3) is 0 Å². The number of hydroxylamine groups is 2. The highest BCUT2D eigenvalue weighted by atomic mass is 32.1. The lowest BCUT2D eigenvalue weighted by Gasteiger charge is -2.20. The van der Waals surface area contributed by atoms with Gasteiger partial charge < -0.3 is 4.90 Å². The van der Waals surface area contributed by atoms with Crippen molar-refractivity contribution in [1.82, 2.24) is 25.4 Å². The number of hydrazine groups is 1. The van der Waals surface area contributed by atoms with E-state index in [2.05, 4.69) is 25.8 Å². The van der Waals surface area contributed by atoms with E-state index >= 15 is 0 Å². The van der Waals surface area contributed by atoms with E-state index in [9.17, 15) is 14.8 Å². The zero-order valence-corrected chi connectivity index (χ0v) is 17.6. The molecule has 10 nitrogen and oxygen atoms in total. The number of anilines is 2. The Hall–Kier alpha value is -2.79. The minimum absolute atomic E-state index is 0.108. The highest BCUT2D eigenvalue weighted by Gasteiger charge is 2.21. The van der Waals surface area contributed by atoms with Gasteiger partial charge in [-0.2, -0.15) is 15.0 Å². The van der Waals surface area contributed by atoms with Crippen LogP contribution in [0.15, 0.2) is 17.5 Å². The number of thiophene rings is 1. The Bertz CT molecular complexity index is 788. The van der Waals surface area contributed by atoms with Gasteiger partial charge in [0, 0.05) is 24.9 Å². The molecular weight excluding hydrogens is 394 g/mol. The van der Waals surface area contributed by atoms with Gasteiger partial charge in [0.25, 0.3) is 0 Å². The van der Waals surface area contributed by atoms with Crippen LogP contribution in [0.4, 0.5) is 11.9 Å². The van der Waals surface area contributed by atoms with Crippen LogP contribution in [0.2, 0.25) is 0 Å². The van der Waals surface area contributed by atoms with Crippen molar-refractivity contribution >= 4 is 35.6 Å². The maximum Gasteiger partial charge on any atom is 0.246 e. The second-order valence-electron chi connectivity index (χ2n) is 6.40. The highest BCUT2D eigenvalue weighted by molar-refractivity contribution is 7.09. The predicted octanol–water partition coefficient (Wildman–Crippen LogP) is 1.49. The molecule has 3 N–H and O–H groups in total. The third-order valence-corrected chi connectivity index (χ3v) is 5.25. The van der Waals surface area contributed by atoms with Crippen LogP contribution in [0.1, 0.15) is 31.0 Å².